The summed E-state index contributed by atoms with van der Waals surface area (Å²) in [5.41, 5.74) is 8.15. The summed E-state index contributed by atoms with van der Waals surface area (Å²) in [6.07, 6.45) is 1.64. The maximum Gasteiger partial charge on any atom is 0.332 e. The minimum atomic E-state index is -0.651. The van der Waals surface area contributed by atoms with Crippen molar-refractivity contribution in [3.8, 4) is 0 Å². The second kappa shape index (κ2) is 5.01. The molecule has 1 aromatic carbocycles. The Morgan fingerprint density at radius 3 is 2.71 bits per heavy atom. The number of nitrogens with one attached hydrogen (secondary N) is 1. The predicted molar refractivity (Wildman–Crippen MR) is 56.1 cm³/mol. The molecule has 0 radical (unpaired) electrons. The van der Waals surface area contributed by atoms with E-state index in [4.69, 9.17) is 5.73 Å². The number of rotatable bonds is 3. The van der Waals surface area contributed by atoms with Gasteiger partial charge in [-0.1, -0.05) is 37.3 Å². The van der Waals surface area contributed by atoms with E-state index in [2.05, 4.69) is 10.5 Å². The number of carbonyl (C=O) groups is 1. The molecular weight excluding hydrogens is 178 g/mol. The number of nitrogens with zero attached hydrogens (tertiary/aromatic N) is 1. The molecule has 0 aliphatic carbocycles. The third kappa shape index (κ3) is 3.26. The SMILES string of the molecule is C[C@H](/C=N\NC(N)=O)c1ccccc1. The zero-order valence-corrected chi connectivity index (χ0v) is 7.97. The largest absolute Gasteiger partial charge is 0.350 e. The molecule has 0 fully saturated rings. The van der Waals surface area contributed by atoms with E-state index in [0.29, 0.717) is 0 Å². The van der Waals surface area contributed by atoms with E-state index >= 15 is 0 Å². The number of benzene rings is 1. The van der Waals surface area contributed by atoms with Crippen LogP contribution in [0.3, 0.4) is 0 Å². The first-order valence-electron chi connectivity index (χ1n) is 4.33. The summed E-state index contributed by atoms with van der Waals surface area (Å²) in [4.78, 5) is 10.3. The summed E-state index contributed by atoms with van der Waals surface area (Å²) in [6, 6.07) is 9.22. The van der Waals surface area contributed by atoms with Gasteiger partial charge in [0.25, 0.3) is 0 Å². The van der Waals surface area contributed by atoms with Crippen molar-refractivity contribution in [1.82, 2.24) is 5.43 Å². The van der Waals surface area contributed by atoms with Crippen LogP contribution >= 0.6 is 0 Å². The van der Waals surface area contributed by atoms with Crippen molar-refractivity contribution in [3.63, 3.8) is 0 Å². The van der Waals surface area contributed by atoms with Crippen LogP contribution in [0, 0.1) is 0 Å². The number of hydrazone groups is 1. The van der Waals surface area contributed by atoms with E-state index in [1.54, 1.807) is 6.21 Å². The first-order valence-corrected chi connectivity index (χ1v) is 4.33. The molecule has 0 unspecified atom stereocenters. The smallest absolute Gasteiger partial charge is 0.332 e. The number of amides is 2. The molecule has 74 valence electrons. The number of urea groups is 1. The van der Waals surface area contributed by atoms with Crippen molar-refractivity contribution in [2.45, 2.75) is 12.8 Å². The second-order valence-electron chi connectivity index (χ2n) is 2.95. The quantitative estimate of drug-likeness (QED) is 0.551. The Kier molecular flexibility index (Phi) is 3.67. The van der Waals surface area contributed by atoms with Gasteiger partial charge in [-0.2, -0.15) is 5.10 Å². The monoisotopic (exact) mass is 191 g/mol. The van der Waals surface area contributed by atoms with Gasteiger partial charge < -0.3 is 5.73 Å². The van der Waals surface area contributed by atoms with Crippen LogP contribution in [0.5, 0.6) is 0 Å². The summed E-state index contributed by atoms with van der Waals surface area (Å²) in [5.74, 6) is 0.156. The molecule has 1 atom stereocenters. The lowest BCUT2D eigenvalue weighted by atomic mass is 10.0. The van der Waals surface area contributed by atoms with Crippen LogP contribution in [0.25, 0.3) is 0 Å². The van der Waals surface area contributed by atoms with E-state index in [1.807, 2.05) is 37.3 Å². The van der Waals surface area contributed by atoms with Crippen LogP contribution in [0.4, 0.5) is 4.79 Å². The van der Waals surface area contributed by atoms with E-state index < -0.39 is 6.03 Å². The van der Waals surface area contributed by atoms with Crippen molar-refractivity contribution >= 4 is 12.2 Å². The van der Waals surface area contributed by atoms with Crippen LogP contribution in [0.1, 0.15) is 18.4 Å². The minimum absolute atomic E-state index is 0.156. The van der Waals surface area contributed by atoms with Crippen molar-refractivity contribution in [1.29, 1.82) is 0 Å². The van der Waals surface area contributed by atoms with E-state index in [9.17, 15) is 4.79 Å². The van der Waals surface area contributed by atoms with Gasteiger partial charge in [-0.15, -0.1) is 0 Å². The standard InChI is InChI=1S/C10H13N3O/c1-8(7-12-13-10(11)14)9-5-3-2-4-6-9/h2-8H,1H3,(H3,11,13,14)/b12-7-/t8-/m1/s1. The Morgan fingerprint density at radius 2 is 2.14 bits per heavy atom. The van der Waals surface area contributed by atoms with Gasteiger partial charge in [0.2, 0.25) is 0 Å². The van der Waals surface area contributed by atoms with Gasteiger partial charge in [0.15, 0.2) is 0 Å². The highest BCUT2D eigenvalue weighted by atomic mass is 16.2. The summed E-state index contributed by atoms with van der Waals surface area (Å²) in [6.45, 7) is 1.99. The molecule has 4 nitrogen and oxygen atoms in total. The third-order valence-electron chi connectivity index (χ3n) is 1.80. The predicted octanol–water partition coefficient (Wildman–Crippen LogP) is 1.44. The van der Waals surface area contributed by atoms with E-state index in [1.165, 1.54) is 0 Å². The van der Waals surface area contributed by atoms with Crippen molar-refractivity contribution in [2.75, 3.05) is 0 Å². The molecule has 0 heterocycles. The molecule has 2 amide bonds. The fourth-order valence-corrected chi connectivity index (χ4v) is 1.06. The topological polar surface area (TPSA) is 67.5 Å². The van der Waals surface area contributed by atoms with Crippen molar-refractivity contribution in [3.05, 3.63) is 35.9 Å². The molecule has 0 saturated carbocycles. The number of nitrogens with two attached hydrogens (primary N) is 1. The summed E-state index contributed by atoms with van der Waals surface area (Å²) >= 11 is 0. The molecule has 1 rings (SSSR count). The van der Waals surface area contributed by atoms with Crippen molar-refractivity contribution < 1.29 is 4.79 Å². The molecule has 1 aromatic rings. The Bertz CT molecular complexity index is 321. The zero-order valence-electron chi connectivity index (χ0n) is 7.97. The van der Waals surface area contributed by atoms with E-state index in [0.717, 1.165) is 5.56 Å². The third-order valence-corrected chi connectivity index (χ3v) is 1.80. The Morgan fingerprint density at radius 1 is 1.50 bits per heavy atom. The molecule has 0 saturated heterocycles. The lowest BCUT2D eigenvalue weighted by molar-refractivity contribution is 0.249. The zero-order chi connectivity index (χ0) is 10.4. The normalized spacial score (nSPS) is 12.6. The number of hydrogen-bond donors (Lipinski definition) is 2. The molecule has 0 aliphatic heterocycles. The van der Waals surface area contributed by atoms with Crippen LogP contribution in [0.2, 0.25) is 0 Å². The highest BCUT2D eigenvalue weighted by molar-refractivity contribution is 5.74. The van der Waals surface area contributed by atoms with Gasteiger partial charge in [0.05, 0.1) is 0 Å². The fourth-order valence-electron chi connectivity index (χ4n) is 1.06. The molecule has 0 aliphatic rings. The van der Waals surface area contributed by atoms with Crippen LogP contribution in [-0.4, -0.2) is 12.2 Å². The van der Waals surface area contributed by atoms with Crippen LogP contribution < -0.4 is 11.2 Å². The second-order valence-corrected chi connectivity index (χ2v) is 2.95. The van der Waals surface area contributed by atoms with Crippen LogP contribution in [0.15, 0.2) is 35.4 Å². The average molecular weight is 191 g/mol. The molecule has 4 heteroatoms. The van der Waals surface area contributed by atoms with Crippen LogP contribution in [-0.2, 0) is 0 Å². The molecular formula is C10H13N3O. The van der Waals surface area contributed by atoms with Gasteiger partial charge in [0, 0.05) is 12.1 Å². The first kappa shape index (κ1) is 10.2. The summed E-state index contributed by atoms with van der Waals surface area (Å²) < 4.78 is 0. The Hall–Kier alpha value is -1.84. The number of primary amides is 1. The van der Waals surface area contributed by atoms with Gasteiger partial charge in [-0.05, 0) is 5.56 Å². The molecule has 14 heavy (non-hydrogen) atoms. The Labute approximate surface area is 82.8 Å². The summed E-state index contributed by atoms with van der Waals surface area (Å²) in [5, 5.41) is 3.70. The first-order chi connectivity index (χ1) is 6.70. The molecule has 0 bridgehead atoms. The molecule has 3 N–H and O–H groups in total. The Balaban J connectivity index is 2.54. The minimum Gasteiger partial charge on any atom is -0.350 e. The van der Waals surface area contributed by atoms with Crippen molar-refractivity contribution in [2.24, 2.45) is 10.8 Å². The summed E-state index contributed by atoms with van der Waals surface area (Å²) in [7, 11) is 0. The van der Waals surface area contributed by atoms with Gasteiger partial charge in [-0.25, -0.2) is 10.2 Å². The maximum atomic E-state index is 10.3. The average Bonchev–Trinajstić information content (AvgIpc) is 2.18. The lowest BCUT2D eigenvalue weighted by Gasteiger charge is -2.04. The number of hydrogen-bond acceptors (Lipinski definition) is 2. The lowest BCUT2D eigenvalue weighted by Crippen LogP contribution is -2.24. The van der Waals surface area contributed by atoms with E-state index in [-0.39, 0.29) is 5.92 Å². The molecule has 0 aromatic heterocycles. The van der Waals surface area contributed by atoms with Gasteiger partial charge in [-0.3, -0.25) is 0 Å². The fraction of sp³-hybridized carbons (Fsp3) is 0.200. The highest BCUT2D eigenvalue weighted by Crippen LogP contribution is 2.11. The van der Waals surface area contributed by atoms with Gasteiger partial charge in [0.1, 0.15) is 0 Å². The maximum absolute atomic E-state index is 10.3. The molecule has 0 spiro atoms. The van der Waals surface area contributed by atoms with Gasteiger partial charge >= 0.3 is 6.03 Å². The highest BCUT2D eigenvalue weighted by Gasteiger charge is 1.99. The number of carbonyl (C=O) groups excluding carboxylic acids is 1.